The summed E-state index contributed by atoms with van der Waals surface area (Å²) in [5.74, 6) is 1.38. The first-order valence-electron chi connectivity index (χ1n) is 4.58. The number of hydrogen-bond donors (Lipinski definition) is 2. The molecule has 1 heterocycles. The second kappa shape index (κ2) is 3.86. The highest BCUT2D eigenvalue weighted by Crippen LogP contribution is 2.31. The van der Waals surface area contributed by atoms with Gasteiger partial charge in [-0.15, -0.1) is 0 Å². The van der Waals surface area contributed by atoms with Gasteiger partial charge in [0.05, 0.1) is 0 Å². The summed E-state index contributed by atoms with van der Waals surface area (Å²) in [6.07, 6.45) is -1.04. The average Bonchev–Trinajstić information content (AvgIpc) is 2.27. The van der Waals surface area contributed by atoms with Gasteiger partial charge in [-0.3, -0.25) is 0 Å². The Balaban J connectivity index is 2.13. The van der Waals surface area contributed by atoms with Crippen LogP contribution in [-0.2, 0) is 0 Å². The predicted octanol–water partition coefficient (Wildman–Crippen LogP) is 0.146. The maximum absolute atomic E-state index is 9.48. The molecule has 4 heteroatoms. The first-order chi connectivity index (χ1) is 6.81. The molecule has 2 rings (SSSR count). The molecule has 0 aliphatic carbocycles. The van der Waals surface area contributed by atoms with Gasteiger partial charge in [0, 0.05) is 6.54 Å². The number of aliphatic hydroxyl groups is 1. The van der Waals surface area contributed by atoms with Gasteiger partial charge in [0.2, 0.25) is 0 Å². The number of rotatable bonds is 2. The molecule has 0 aromatic heterocycles. The standard InChI is InChI=1S/C10H13NO3/c11-5-7(12)10-6-13-8-3-1-2-4-9(8)14-10/h1-4,7,10,12H,5-6,11H2/t7-,10?/m0/s1. The van der Waals surface area contributed by atoms with Gasteiger partial charge in [-0.1, -0.05) is 12.1 Å². The molecule has 4 nitrogen and oxygen atoms in total. The summed E-state index contributed by atoms with van der Waals surface area (Å²) in [4.78, 5) is 0. The van der Waals surface area contributed by atoms with Crippen LogP contribution in [0.1, 0.15) is 0 Å². The van der Waals surface area contributed by atoms with E-state index in [1.165, 1.54) is 0 Å². The van der Waals surface area contributed by atoms with Gasteiger partial charge >= 0.3 is 0 Å². The van der Waals surface area contributed by atoms with E-state index in [9.17, 15) is 5.11 Å². The van der Waals surface area contributed by atoms with Gasteiger partial charge in [-0.05, 0) is 12.1 Å². The van der Waals surface area contributed by atoms with Crippen LogP contribution in [0.4, 0.5) is 0 Å². The Labute approximate surface area is 82.2 Å². The molecule has 2 atom stereocenters. The zero-order chi connectivity index (χ0) is 9.97. The Morgan fingerprint density at radius 2 is 2.14 bits per heavy atom. The van der Waals surface area contributed by atoms with E-state index in [4.69, 9.17) is 15.2 Å². The van der Waals surface area contributed by atoms with E-state index in [-0.39, 0.29) is 12.6 Å². The molecule has 0 saturated heterocycles. The lowest BCUT2D eigenvalue weighted by Gasteiger charge is -2.28. The number of nitrogens with two attached hydrogens (primary N) is 1. The highest BCUT2D eigenvalue weighted by atomic mass is 16.6. The third-order valence-corrected chi connectivity index (χ3v) is 2.20. The van der Waals surface area contributed by atoms with Crippen LogP contribution >= 0.6 is 0 Å². The summed E-state index contributed by atoms with van der Waals surface area (Å²) in [5, 5.41) is 9.48. The Morgan fingerprint density at radius 3 is 2.86 bits per heavy atom. The third kappa shape index (κ3) is 1.66. The second-order valence-corrected chi connectivity index (χ2v) is 3.22. The highest BCUT2D eigenvalue weighted by Gasteiger charge is 2.26. The summed E-state index contributed by atoms with van der Waals surface area (Å²) in [6.45, 7) is 0.519. The van der Waals surface area contributed by atoms with Crippen LogP contribution < -0.4 is 15.2 Å². The molecule has 0 saturated carbocycles. The molecule has 14 heavy (non-hydrogen) atoms. The third-order valence-electron chi connectivity index (χ3n) is 2.20. The van der Waals surface area contributed by atoms with Crippen molar-refractivity contribution in [3.63, 3.8) is 0 Å². The zero-order valence-corrected chi connectivity index (χ0v) is 7.72. The van der Waals surface area contributed by atoms with Crippen molar-refractivity contribution in [2.24, 2.45) is 5.73 Å². The molecule has 1 aliphatic heterocycles. The van der Waals surface area contributed by atoms with Crippen molar-refractivity contribution < 1.29 is 14.6 Å². The molecular formula is C10H13NO3. The first kappa shape index (κ1) is 9.30. The van der Waals surface area contributed by atoms with Gasteiger partial charge < -0.3 is 20.3 Å². The van der Waals surface area contributed by atoms with Crippen molar-refractivity contribution in [3.05, 3.63) is 24.3 Å². The average molecular weight is 195 g/mol. The van der Waals surface area contributed by atoms with Crippen molar-refractivity contribution >= 4 is 0 Å². The van der Waals surface area contributed by atoms with Crippen molar-refractivity contribution in [2.45, 2.75) is 12.2 Å². The van der Waals surface area contributed by atoms with E-state index in [0.29, 0.717) is 18.1 Å². The van der Waals surface area contributed by atoms with E-state index in [1.54, 1.807) is 0 Å². The molecule has 1 aliphatic rings. The van der Waals surface area contributed by atoms with Gasteiger partial charge in [0.15, 0.2) is 17.6 Å². The highest BCUT2D eigenvalue weighted by molar-refractivity contribution is 5.40. The summed E-state index contributed by atoms with van der Waals surface area (Å²) < 4.78 is 10.9. The molecular weight excluding hydrogens is 182 g/mol. The number of aliphatic hydroxyl groups excluding tert-OH is 1. The normalized spacial score (nSPS) is 21.7. The number of hydrogen-bond acceptors (Lipinski definition) is 4. The fourth-order valence-corrected chi connectivity index (χ4v) is 1.38. The molecule has 0 radical (unpaired) electrons. The molecule has 1 aromatic rings. The zero-order valence-electron chi connectivity index (χ0n) is 7.72. The van der Waals surface area contributed by atoms with Crippen LogP contribution in [0, 0.1) is 0 Å². The minimum absolute atomic E-state index is 0.177. The van der Waals surface area contributed by atoms with Crippen molar-refractivity contribution in [1.82, 2.24) is 0 Å². The lowest BCUT2D eigenvalue weighted by atomic mass is 10.2. The Hall–Kier alpha value is -1.26. The van der Waals surface area contributed by atoms with E-state index in [2.05, 4.69) is 0 Å². The summed E-state index contributed by atoms with van der Waals surface area (Å²) >= 11 is 0. The minimum Gasteiger partial charge on any atom is -0.486 e. The van der Waals surface area contributed by atoms with Crippen molar-refractivity contribution in [3.8, 4) is 11.5 Å². The first-order valence-corrected chi connectivity index (χ1v) is 4.58. The smallest absolute Gasteiger partial charge is 0.161 e. The van der Waals surface area contributed by atoms with Crippen molar-refractivity contribution in [1.29, 1.82) is 0 Å². The van der Waals surface area contributed by atoms with Gasteiger partial charge in [-0.25, -0.2) is 0 Å². The number of benzene rings is 1. The van der Waals surface area contributed by atoms with E-state index >= 15 is 0 Å². The van der Waals surface area contributed by atoms with Gasteiger partial charge in [-0.2, -0.15) is 0 Å². The maximum Gasteiger partial charge on any atom is 0.161 e. The number of ether oxygens (including phenoxy) is 2. The van der Waals surface area contributed by atoms with E-state index in [0.717, 1.165) is 0 Å². The predicted molar refractivity (Wildman–Crippen MR) is 51.4 cm³/mol. The fraction of sp³-hybridized carbons (Fsp3) is 0.400. The van der Waals surface area contributed by atoms with Crippen LogP contribution in [0.3, 0.4) is 0 Å². The van der Waals surface area contributed by atoms with Crippen LogP contribution in [0.2, 0.25) is 0 Å². The Morgan fingerprint density at radius 1 is 1.43 bits per heavy atom. The Kier molecular flexibility index (Phi) is 2.56. The van der Waals surface area contributed by atoms with Crippen LogP contribution in [0.25, 0.3) is 0 Å². The van der Waals surface area contributed by atoms with Crippen molar-refractivity contribution in [2.75, 3.05) is 13.2 Å². The van der Waals surface area contributed by atoms with Gasteiger partial charge in [0.1, 0.15) is 12.7 Å². The number of fused-ring (bicyclic) bond motifs is 1. The SMILES string of the molecule is NC[C@H](O)C1COc2ccccc2O1. The lowest BCUT2D eigenvalue weighted by molar-refractivity contribution is -0.00530. The monoisotopic (exact) mass is 195 g/mol. The summed E-state index contributed by atoms with van der Waals surface area (Å²) in [5.41, 5.74) is 5.34. The maximum atomic E-state index is 9.48. The molecule has 0 bridgehead atoms. The molecule has 0 spiro atoms. The largest absolute Gasteiger partial charge is 0.486 e. The van der Waals surface area contributed by atoms with E-state index in [1.807, 2.05) is 24.3 Å². The van der Waals surface area contributed by atoms with Gasteiger partial charge in [0.25, 0.3) is 0 Å². The molecule has 0 amide bonds. The molecule has 0 fully saturated rings. The summed E-state index contributed by atoms with van der Waals surface area (Å²) in [6, 6.07) is 7.38. The van der Waals surface area contributed by atoms with Crippen LogP contribution in [0.15, 0.2) is 24.3 Å². The van der Waals surface area contributed by atoms with E-state index < -0.39 is 6.10 Å². The molecule has 3 N–H and O–H groups in total. The second-order valence-electron chi connectivity index (χ2n) is 3.22. The van der Waals surface area contributed by atoms with Crippen LogP contribution in [-0.4, -0.2) is 30.5 Å². The molecule has 76 valence electrons. The number of para-hydroxylation sites is 2. The molecule has 1 aromatic carbocycles. The molecule has 1 unspecified atom stereocenters. The fourth-order valence-electron chi connectivity index (χ4n) is 1.38. The quantitative estimate of drug-likeness (QED) is 0.704. The summed E-state index contributed by atoms with van der Waals surface area (Å²) in [7, 11) is 0. The lowest BCUT2D eigenvalue weighted by Crippen LogP contribution is -2.43. The Bertz CT molecular complexity index is 316. The minimum atomic E-state index is -0.677. The topological polar surface area (TPSA) is 64.7 Å². The van der Waals surface area contributed by atoms with Crippen LogP contribution in [0.5, 0.6) is 11.5 Å².